The molecule has 0 spiro atoms. The first kappa shape index (κ1) is 11.6. The van der Waals surface area contributed by atoms with E-state index in [0.29, 0.717) is 16.7 Å². The van der Waals surface area contributed by atoms with Gasteiger partial charge in [0, 0.05) is 12.4 Å². The molecule has 1 unspecified atom stereocenters. The summed E-state index contributed by atoms with van der Waals surface area (Å²) in [5.41, 5.74) is 0.723. The number of hydrogen-bond donors (Lipinski definition) is 1. The van der Waals surface area contributed by atoms with Crippen LogP contribution >= 0.6 is 11.6 Å². The van der Waals surface area contributed by atoms with Crippen LogP contribution in [0.4, 0.5) is 0 Å². The molecule has 1 fully saturated rings. The third kappa shape index (κ3) is 2.23. The zero-order valence-electron chi connectivity index (χ0n) is 9.77. The Hall–Kier alpha value is -1.46. The summed E-state index contributed by atoms with van der Waals surface area (Å²) in [4.78, 5) is 8.35. The lowest BCUT2D eigenvalue weighted by atomic mass is 10.0. The van der Waals surface area contributed by atoms with Gasteiger partial charge in [0.2, 0.25) is 0 Å². The molecule has 6 heteroatoms. The first-order valence-corrected chi connectivity index (χ1v) is 6.39. The Labute approximate surface area is 110 Å². The topological polar surface area (TPSA) is 63.8 Å². The molecule has 0 radical (unpaired) electrons. The van der Waals surface area contributed by atoms with Gasteiger partial charge < -0.3 is 9.84 Å². The minimum absolute atomic E-state index is 0.192. The molecule has 2 aromatic rings. The van der Waals surface area contributed by atoms with Crippen LogP contribution in [0.3, 0.4) is 0 Å². The second-order valence-corrected chi connectivity index (χ2v) is 4.72. The highest BCUT2D eigenvalue weighted by Crippen LogP contribution is 2.27. The summed E-state index contributed by atoms with van der Waals surface area (Å²) in [6.45, 7) is 1.00. The molecule has 1 aliphatic rings. The highest BCUT2D eigenvalue weighted by molar-refractivity contribution is 6.32. The molecule has 3 rings (SSSR count). The summed E-state index contributed by atoms with van der Waals surface area (Å²) in [6, 6.07) is 1.96. The predicted octanol–water partition coefficient (Wildman–Crippen LogP) is 2.60. The standard InChI is InChI=1S/C12H13ClN4O/c13-9-7-14-6-4-8(9)12-16-11(17-18-12)10-3-1-2-5-15-10/h4,6-7,10,15H,1-3,5H2. The van der Waals surface area contributed by atoms with Crippen molar-refractivity contribution in [1.82, 2.24) is 20.4 Å². The Morgan fingerprint density at radius 3 is 3.11 bits per heavy atom. The summed E-state index contributed by atoms with van der Waals surface area (Å²) in [6.07, 6.45) is 6.67. The summed E-state index contributed by atoms with van der Waals surface area (Å²) in [7, 11) is 0. The molecule has 2 aromatic heterocycles. The predicted molar refractivity (Wildman–Crippen MR) is 67.1 cm³/mol. The van der Waals surface area contributed by atoms with E-state index in [9.17, 15) is 0 Å². The van der Waals surface area contributed by atoms with Gasteiger partial charge in [-0.1, -0.05) is 23.2 Å². The minimum atomic E-state index is 0.192. The quantitative estimate of drug-likeness (QED) is 0.903. The maximum absolute atomic E-state index is 6.05. The number of nitrogens with zero attached hydrogens (tertiary/aromatic N) is 3. The molecular weight excluding hydrogens is 252 g/mol. The van der Waals surface area contributed by atoms with Crippen LogP contribution in [-0.2, 0) is 0 Å². The number of hydrogen-bond acceptors (Lipinski definition) is 5. The van der Waals surface area contributed by atoms with Gasteiger partial charge in [0.1, 0.15) is 0 Å². The summed E-state index contributed by atoms with van der Waals surface area (Å²) < 4.78 is 5.27. The summed E-state index contributed by atoms with van der Waals surface area (Å²) >= 11 is 6.05. The van der Waals surface area contributed by atoms with Crippen LogP contribution in [0.2, 0.25) is 5.02 Å². The van der Waals surface area contributed by atoms with Crippen molar-refractivity contribution in [2.75, 3.05) is 6.54 Å². The summed E-state index contributed by atoms with van der Waals surface area (Å²) in [5, 5.41) is 7.93. The first-order chi connectivity index (χ1) is 8.84. The van der Waals surface area contributed by atoms with Crippen LogP contribution in [0.5, 0.6) is 0 Å². The SMILES string of the molecule is Clc1cnccc1-c1nc(C2CCCCN2)no1. The van der Waals surface area contributed by atoms with Crippen molar-refractivity contribution in [3.05, 3.63) is 29.3 Å². The van der Waals surface area contributed by atoms with Crippen molar-refractivity contribution >= 4 is 11.6 Å². The number of halogens is 1. The smallest absolute Gasteiger partial charge is 0.259 e. The molecule has 3 heterocycles. The van der Waals surface area contributed by atoms with E-state index in [2.05, 4.69) is 20.4 Å². The first-order valence-electron chi connectivity index (χ1n) is 6.01. The van der Waals surface area contributed by atoms with Crippen LogP contribution in [0.25, 0.3) is 11.5 Å². The van der Waals surface area contributed by atoms with Crippen molar-refractivity contribution in [2.24, 2.45) is 0 Å². The lowest BCUT2D eigenvalue weighted by Crippen LogP contribution is -2.27. The molecule has 0 amide bonds. The van der Waals surface area contributed by atoms with Crippen molar-refractivity contribution < 1.29 is 4.52 Å². The Morgan fingerprint density at radius 1 is 1.39 bits per heavy atom. The van der Waals surface area contributed by atoms with Crippen LogP contribution in [-0.4, -0.2) is 21.7 Å². The zero-order chi connectivity index (χ0) is 12.4. The molecule has 94 valence electrons. The van der Waals surface area contributed by atoms with E-state index in [-0.39, 0.29) is 6.04 Å². The number of nitrogens with one attached hydrogen (secondary N) is 1. The fourth-order valence-corrected chi connectivity index (χ4v) is 2.31. The Morgan fingerprint density at radius 2 is 2.33 bits per heavy atom. The van der Waals surface area contributed by atoms with Crippen molar-refractivity contribution in [2.45, 2.75) is 25.3 Å². The average molecular weight is 265 g/mol. The van der Waals surface area contributed by atoms with Gasteiger partial charge in [0.05, 0.1) is 16.6 Å². The molecule has 18 heavy (non-hydrogen) atoms. The third-order valence-corrected chi connectivity index (χ3v) is 3.37. The van der Waals surface area contributed by atoms with E-state index in [1.54, 1.807) is 18.5 Å². The van der Waals surface area contributed by atoms with Crippen LogP contribution in [0, 0.1) is 0 Å². The zero-order valence-corrected chi connectivity index (χ0v) is 10.5. The number of aromatic nitrogens is 3. The molecule has 1 atom stereocenters. The summed E-state index contributed by atoms with van der Waals surface area (Å²) in [5.74, 6) is 1.15. The van der Waals surface area contributed by atoms with Gasteiger partial charge in [-0.25, -0.2) is 0 Å². The molecule has 0 aromatic carbocycles. The van der Waals surface area contributed by atoms with E-state index in [0.717, 1.165) is 18.5 Å². The monoisotopic (exact) mass is 264 g/mol. The highest BCUT2D eigenvalue weighted by atomic mass is 35.5. The van der Waals surface area contributed by atoms with Gasteiger partial charge in [-0.2, -0.15) is 4.98 Å². The molecule has 5 nitrogen and oxygen atoms in total. The number of piperidine rings is 1. The van der Waals surface area contributed by atoms with Crippen LogP contribution in [0.1, 0.15) is 31.1 Å². The maximum Gasteiger partial charge on any atom is 0.259 e. The van der Waals surface area contributed by atoms with Crippen LogP contribution < -0.4 is 5.32 Å². The fraction of sp³-hybridized carbons (Fsp3) is 0.417. The van der Waals surface area contributed by atoms with Crippen LogP contribution in [0.15, 0.2) is 23.0 Å². The number of rotatable bonds is 2. The van der Waals surface area contributed by atoms with Crippen molar-refractivity contribution in [3.8, 4) is 11.5 Å². The molecule has 1 aliphatic heterocycles. The normalized spacial score (nSPS) is 19.9. The Bertz CT molecular complexity index is 536. The van der Waals surface area contributed by atoms with E-state index >= 15 is 0 Å². The minimum Gasteiger partial charge on any atom is -0.334 e. The third-order valence-electron chi connectivity index (χ3n) is 3.07. The van der Waals surface area contributed by atoms with Gasteiger partial charge >= 0.3 is 0 Å². The molecule has 0 saturated carbocycles. The molecular formula is C12H13ClN4O. The molecule has 0 aliphatic carbocycles. The van der Waals surface area contributed by atoms with Crippen molar-refractivity contribution in [3.63, 3.8) is 0 Å². The van der Waals surface area contributed by atoms with Gasteiger partial charge in [-0.05, 0) is 25.5 Å². The van der Waals surface area contributed by atoms with Gasteiger partial charge in [0.25, 0.3) is 5.89 Å². The van der Waals surface area contributed by atoms with E-state index in [4.69, 9.17) is 16.1 Å². The lowest BCUT2D eigenvalue weighted by molar-refractivity contribution is 0.367. The van der Waals surface area contributed by atoms with Crippen molar-refractivity contribution in [1.29, 1.82) is 0 Å². The Kier molecular flexibility index (Phi) is 3.25. The molecule has 0 bridgehead atoms. The highest BCUT2D eigenvalue weighted by Gasteiger charge is 2.21. The van der Waals surface area contributed by atoms with E-state index in [1.165, 1.54) is 12.8 Å². The molecule has 1 N–H and O–H groups in total. The van der Waals surface area contributed by atoms with E-state index in [1.807, 2.05) is 0 Å². The van der Waals surface area contributed by atoms with Gasteiger partial charge in [-0.3, -0.25) is 4.98 Å². The number of pyridine rings is 1. The second kappa shape index (κ2) is 5.04. The van der Waals surface area contributed by atoms with Gasteiger partial charge in [-0.15, -0.1) is 0 Å². The average Bonchev–Trinajstić information content (AvgIpc) is 2.90. The molecule has 1 saturated heterocycles. The maximum atomic E-state index is 6.05. The second-order valence-electron chi connectivity index (χ2n) is 4.32. The van der Waals surface area contributed by atoms with E-state index < -0.39 is 0 Å². The lowest BCUT2D eigenvalue weighted by Gasteiger charge is -2.19. The Balaban J connectivity index is 1.87. The fourth-order valence-electron chi connectivity index (χ4n) is 2.11. The van der Waals surface area contributed by atoms with Gasteiger partial charge in [0.15, 0.2) is 5.82 Å². The largest absolute Gasteiger partial charge is 0.334 e.